The molecule has 1 saturated heterocycles. The Labute approximate surface area is 70.2 Å². The summed E-state index contributed by atoms with van der Waals surface area (Å²) in [5, 5.41) is 8.38. The summed E-state index contributed by atoms with van der Waals surface area (Å²) in [6, 6.07) is 0.933. The van der Waals surface area contributed by atoms with Gasteiger partial charge in [-0.05, 0) is 0 Å². The highest BCUT2D eigenvalue weighted by atomic mass is 16.2. The van der Waals surface area contributed by atoms with Gasteiger partial charge in [0.25, 0.3) is 5.91 Å². The summed E-state index contributed by atoms with van der Waals surface area (Å²) < 4.78 is 0. The van der Waals surface area contributed by atoms with Crippen molar-refractivity contribution in [1.29, 1.82) is 5.26 Å². The van der Waals surface area contributed by atoms with E-state index in [0.29, 0.717) is 0 Å². The van der Waals surface area contributed by atoms with Gasteiger partial charge >= 0.3 is 6.03 Å². The average molecular weight is 167 g/mol. The van der Waals surface area contributed by atoms with Crippen molar-refractivity contribution in [2.45, 2.75) is 12.5 Å². The predicted octanol–water partition coefficient (Wildman–Crippen LogP) is -0.208. The summed E-state index contributed by atoms with van der Waals surface area (Å²) in [6.07, 6.45) is 0.0609. The zero-order valence-electron chi connectivity index (χ0n) is 6.94. The van der Waals surface area contributed by atoms with Gasteiger partial charge in [0.05, 0.1) is 12.5 Å². The molecule has 1 aliphatic heterocycles. The number of carbonyl (C=O) groups is 2. The van der Waals surface area contributed by atoms with Crippen LogP contribution < -0.4 is 0 Å². The molecule has 0 aromatic heterocycles. The number of hydrogen-bond acceptors (Lipinski definition) is 3. The SMILES string of the molecule is CN1C(=O)C(CC#N)N(C)C1=O. The average Bonchev–Trinajstić information content (AvgIpc) is 2.23. The first kappa shape index (κ1) is 8.53. The summed E-state index contributed by atoms with van der Waals surface area (Å²) >= 11 is 0. The summed E-state index contributed by atoms with van der Waals surface area (Å²) in [5.41, 5.74) is 0. The second-order valence-electron chi connectivity index (χ2n) is 2.67. The van der Waals surface area contributed by atoms with Crippen LogP contribution >= 0.6 is 0 Å². The van der Waals surface area contributed by atoms with Crippen LogP contribution in [0.4, 0.5) is 4.79 Å². The van der Waals surface area contributed by atoms with Crippen molar-refractivity contribution in [3.63, 3.8) is 0 Å². The van der Waals surface area contributed by atoms with Crippen molar-refractivity contribution >= 4 is 11.9 Å². The lowest BCUT2D eigenvalue weighted by Crippen LogP contribution is -2.30. The van der Waals surface area contributed by atoms with E-state index >= 15 is 0 Å². The van der Waals surface area contributed by atoms with Crippen LogP contribution in [-0.4, -0.2) is 41.9 Å². The van der Waals surface area contributed by atoms with Crippen LogP contribution in [0.15, 0.2) is 0 Å². The van der Waals surface area contributed by atoms with Crippen molar-refractivity contribution in [1.82, 2.24) is 9.80 Å². The highest BCUT2D eigenvalue weighted by Gasteiger charge is 2.40. The maximum atomic E-state index is 11.2. The molecule has 3 amide bonds. The van der Waals surface area contributed by atoms with Gasteiger partial charge in [-0.2, -0.15) is 5.26 Å². The number of nitriles is 1. The summed E-state index contributed by atoms with van der Waals surface area (Å²) in [4.78, 5) is 24.7. The molecule has 1 atom stereocenters. The molecule has 64 valence electrons. The Bertz CT molecular complexity index is 268. The Morgan fingerprint density at radius 1 is 1.50 bits per heavy atom. The maximum Gasteiger partial charge on any atom is 0.326 e. The van der Waals surface area contributed by atoms with Crippen LogP contribution in [0.3, 0.4) is 0 Å². The number of hydrogen-bond donors (Lipinski definition) is 0. The van der Waals surface area contributed by atoms with Crippen LogP contribution in [-0.2, 0) is 4.79 Å². The lowest BCUT2D eigenvalue weighted by molar-refractivity contribution is -0.127. The van der Waals surface area contributed by atoms with Gasteiger partial charge in [0, 0.05) is 14.1 Å². The van der Waals surface area contributed by atoms with Crippen molar-refractivity contribution in [2.75, 3.05) is 14.1 Å². The van der Waals surface area contributed by atoms with Gasteiger partial charge < -0.3 is 4.90 Å². The third-order valence-corrected chi connectivity index (χ3v) is 1.96. The number of nitrogens with zero attached hydrogens (tertiary/aromatic N) is 3. The number of urea groups is 1. The minimum atomic E-state index is -0.590. The van der Waals surface area contributed by atoms with E-state index in [1.54, 1.807) is 0 Å². The lowest BCUT2D eigenvalue weighted by Gasteiger charge is -2.11. The van der Waals surface area contributed by atoms with Gasteiger partial charge in [-0.15, -0.1) is 0 Å². The number of imide groups is 1. The summed E-state index contributed by atoms with van der Waals surface area (Å²) in [7, 11) is 2.93. The standard InChI is InChI=1S/C7H9N3O2/c1-9-5(3-4-8)6(11)10(2)7(9)12/h5H,3H2,1-2H3. The first-order chi connectivity index (χ1) is 5.59. The predicted molar refractivity (Wildman–Crippen MR) is 39.9 cm³/mol. The molecular weight excluding hydrogens is 158 g/mol. The number of rotatable bonds is 1. The number of carbonyl (C=O) groups excluding carboxylic acids is 2. The van der Waals surface area contributed by atoms with Gasteiger partial charge in [-0.25, -0.2) is 4.79 Å². The van der Waals surface area contributed by atoms with Crippen LogP contribution in [0.5, 0.6) is 0 Å². The van der Waals surface area contributed by atoms with Gasteiger partial charge in [0.15, 0.2) is 0 Å². The third kappa shape index (κ3) is 1.01. The molecule has 1 fully saturated rings. The molecule has 1 aliphatic rings. The highest BCUT2D eigenvalue weighted by molar-refractivity contribution is 6.03. The minimum Gasteiger partial charge on any atom is -0.314 e. The Kier molecular flexibility index (Phi) is 2.00. The molecule has 0 spiro atoms. The van der Waals surface area contributed by atoms with Gasteiger partial charge in [-0.1, -0.05) is 0 Å². The van der Waals surface area contributed by atoms with E-state index in [9.17, 15) is 9.59 Å². The molecule has 1 rings (SSSR count). The fraction of sp³-hybridized carbons (Fsp3) is 0.571. The van der Waals surface area contributed by atoms with Crippen molar-refractivity contribution in [3.8, 4) is 6.07 Å². The molecule has 0 aliphatic carbocycles. The normalized spacial score (nSPS) is 23.2. The quantitative estimate of drug-likeness (QED) is 0.508. The molecule has 0 saturated carbocycles. The van der Waals surface area contributed by atoms with E-state index in [1.807, 2.05) is 6.07 Å². The molecule has 0 radical (unpaired) electrons. The van der Waals surface area contributed by atoms with Gasteiger partial charge in [0.1, 0.15) is 6.04 Å². The van der Waals surface area contributed by atoms with E-state index in [1.165, 1.54) is 19.0 Å². The largest absolute Gasteiger partial charge is 0.326 e. The minimum absolute atomic E-state index is 0.0609. The maximum absolute atomic E-state index is 11.2. The molecule has 0 bridgehead atoms. The van der Waals surface area contributed by atoms with E-state index in [4.69, 9.17) is 5.26 Å². The second-order valence-corrected chi connectivity index (χ2v) is 2.67. The Morgan fingerprint density at radius 2 is 2.08 bits per heavy atom. The summed E-state index contributed by atoms with van der Waals surface area (Å²) in [5.74, 6) is -0.302. The van der Waals surface area contributed by atoms with Crippen molar-refractivity contribution in [3.05, 3.63) is 0 Å². The Balaban J connectivity index is 2.85. The summed E-state index contributed by atoms with van der Waals surface area (Å²) in [6.45, 7) is 0. The first-order valence-corrected chi connectivity index (χ1v) is 3.51. The van der Waals surface area contributed by atoms with Crippen LogP contribution in [0, 0.1) is 11.3 Å². The van der Waals surface area contributed by atoms with Gasteiger partial charge in [-0.3, -0.25) is 9.69 Å². The Hall–Kier alpha value is -1.57. The van der Waals surface area contributed by atoms with Crippen molar-refractivity contribution in [2.24, 2.45) is 0 Å². The van der Waals surface area contributed by atoms with E-state index in [-0.39, 0.29) is 18.4 Å². The molecule has 0 aromatic rings. The zero-order valence-corrected chi connectivity index (χ0v) is 6.94. The van der Waals surface area contributed by atoms with Gasteiger partial charge in [0.2, 0.25) is 0 Å². The second kappa shape index (κ2) is 2.81. The van der Waals surface area contributed by atoms with E-state index in [0.717, 1.165) is 4.90 Å². The molecule has 5 nitrogen and oxygen atoms in total. The molecule has 5 heteroatoms. The molecule has 1 heterocycles. The fourth-order valence-electron chi connectivity index (χ4n) is 1.16. The van der Waals surface area contributed by atoms with E-state index < -0.39 is 6.04 Å². The number of likely N-dealkylation sites (N-methyl/N-ethyl adjacent to an activating group) is 2. The highest BCUT2D eigenvalue weighted by Crippen LogP contribution is 2.15. The topological polar surface area (TPSA) is 64.4 Å². The van der Waals surface area contributed by atoms with Crippen LogP contribution in [0.1, 0.15) is 6.42 Å². The number of amides is 3. The first-order valence-electron chi connectivity index (χ1n) is 3.51. The Morgan fingerprint density at radius 3 is 2.42 bits per heavy atom. The molecule has 0 aromatic carbocycles. The van der Waals surface area contributed by atoms with E-state index in [2.05, 4.69) is 0 Å². The molecule has 12 heavy (non-hydrogen) atoms. The smallest absolute Gasteiger partial charge is 0.314 e. The zero-order chi connectivity index (χ0) is 9.30. The van der Waals surface area contributed by atoms with Crippen LogP contribution in [0.2, 0.25) is 0 Å². The fourth-order valence-corrected chi connectivity index (χ4v) is 1.16. The molecule has 0 N–H and O–H groups in total. The van der Waals surface area contributed by atoms with Crippen LogP contribution in [0.25, 0.3) is 0 Å². The third-order valence-electron chi connectivity index (χ3n) is 1.96. The lowest BCUT2D eigenvalue weighted by atomic mass is 10.2. The molecule has 1 unspecified atom stereocenters. The monoisotopic (exact) mass is 167 g/mol. The molecular formula is C7H9N3O2. The van der Waals surface area contributed by atoms with Crippen molar-refractivity contribution < 1.29 is 9.59 Å².